The van der Waals surface area contributed by atoms with Crippen molar-refractivity contribution in [1.29, 1.82) is 0 Å². The van der Waals surface area contributed by atoms with Crippen molar-refractivity contribution < 1.29 is 9.47 Å². The number of nitrogens with zero attached hydrogens (tertiary/aromatic N) is 2. The molecule has 1 N–H and O–H groups in total. The zero-order valence-electron chi connectivity index (χ0n) is 11.0. The van der Waals surface area contributed by atoms with Gasteiger partial charge >= 0.3 is 0 Å². The SMILES string of the molecule is CCOCc1nc(NC)cc(OCc2cccs2)n1. The van der Waals surface area contributed by atoms with E-state index in [1.54, 1.807) is 17.4 Å². The predicted molar refractivity (Wildman–Crippen MR) is 75.6 cm³/mol. The van der Waals surface area contributed by atoms with Crippen LogP contribution in [0, 0.1) is 0 Å². The molecule has 0 aromatic carbocycles. The van der Waals surface area contributed by atoms with Crippen molar-refractivity contribution >= 4 is 17.2 Å². The number of thiophene rings is 1. The molecule has 2 aromatic heterocycles. The fourth-order valence-electron chi connectivity index (χ4n) is 1.47. The summed E-state index contributed by atoms with van der Waals surface area (Å²) in [6, 6.07) is 5.82. The van der Waals surface area contributed by atoms with E-state index in [1.165, 1.54) is 0 Å². The molecular weight excluding hydrogens is 262 g/mol. The minimum absolute atomic E-state index is 0.390. The first kappa shape index (κ1) is 13.8. The Labute approximate surface area is 116 Å². The minimum atomic E-state index is 0.390. The molecule has 19 heavy (non-hydrogen) atoms. The van der Waals surface area contributed by atoms with E-state index in [-0.39, 0.29) is 0 Å². The molecule has 0 aliphatic heterocycles. The van der Waals surface area contributed by atoms with E-state index in [0.29, 0.717) is 31.5 Å². The lowest BCUT2D eigenvalue weighted by atomic mass is 10.5. The molecule has 2 aromatic rings. The summed E-state index contributed by atoms with van der Waals surface area (Å²) >= 11 is 1.66. The summed E-state index contributed by atoms with van der Waals surface area (Å²) in [4.78, 5) is 9.80. The first-order valence-corrected chi connectivity index (χ1v) is 6.98. The Morgan fingerprint density at radius 3 is 2.89 bits per heavy atom. The number of hydrogen-bond donors (Lipinski definition) is 1. The van der Waals surface area contributed by atoms with E-state index in [2.05, 4.69) is 15.3 Å². The second-order valence-electron chi connectivity index (χ2n) is 3.76. The Balaban J connectivity index is 2.05. The van der Waals surface area contributed by atoms with E-state index in [1.807, 2.05) is 31.5 Å². The molecule has 0 fully saturated rings. The molecule has 2 heterocycles. The minimum Gasteiger partial charge on any atom is -0.472 e. The fraction of sp³-hybridized carbons (Fsp3) is 0.385. The lowest BCUT2D eigenvalue weighted by Crippen LogP contribution is -2.05. The number of nitrogens with one attached hydrogen (secondary N) is 1. The normalized spacial score (nSPS) is 10.4. The van der Waals surface area contributed by atoms with Gasteiger partial charge in [0, 0.05) is 24.6 Å². The number of anilines is 1. The van der Waals surface area contributed by atoms with Gasteiger partial charge in [-0.1, -0.05) is 6.07 Å². The van der Waals surface area contributed by atoms with E-state index in [0.717, 1.165) is 10.7 Å². The van der Waals surface area contributed by atoms with Gasteiger partial charge in [-0.15, -0.1) is 11.3 Å². The summed E-state index contributed by atoms with van der Waals surface area (Å²) in [5.74, 6) is 1.91. The monoisotopic (exact) mass is 279 g/mol. The topological polar surface area (TPSA) is 56.3 Å². The van der Waals surface area contributed by atoms with Crippen molar-refractivity contribution in [1.82, 2.24) is 9.97 Å². The van der Waals surface area contributed by atoms with Gasteiger partial charge in [0.05, 0.1) is 0 Å². The van der Waals surface area contributed by atoms with Crippen LogP contribution < -0.4 is 10.1 Å². The molecule has 2 rings (SSSR count). The molecule has 0 unspecified atom stereocenters. The average molecular weight is 279 g/mol. The molecule has 0 bridgehead atoms. The standard InChI is InChI=1S/C13H17N3O2S/c1-3-17-9-12-15-11(14-2)7-13(16-12)18-8-10-5-4-6-19-10/h4-7H,3,8-9H2,1-2H3,(H,14,15,16). The highest BCUT2D eigenvalue weighted by Crippen LogP contribution is 2.17. The van der Waals surface area contributed by atoms with Crippen molar-refractivity contribution in [3.05, 3.63) is 34.3 Å². The maximum atomic E-state index is 5.68. The van der Waals surface area contributed by atoms with Crippen LogP contribution in [-0.2, 0) is 18.0 Å². The third kappa shape index (κ3) is 4.18. The summed E-state index contributed by atoms with van der Waals surface area (Å²) in [5.41, 5.74) is 0. The van der Waals surface area contributed by atoms with Crippen molar-refractivity contribution in [3.63, 3.8) is 0 Å². The number of rotatable bonds is 7. The van der Waals surface area contributed by atoms with Crippen LogP contribution in [0.15, 0.2) is 23.6 Å². The third-order valence-electron chi connectivity index (χ3n) is 2.38. The summed E-state index contributed by atoms with van der Waals surface area (Å²) in [6.07, 6.45) is 0. The molecule has 0 spiro atoms. The van der Waals surface area contributed by atoms with Gasteiger partial charge in [-0.25, -0.2) is 4.98 Å². The predicted octanol–water partition coefficient (Wildman–Crippen LogP) is 2.70. The Morgan fingerprint density at radius 2 is 2.21 bits per heavy atom. The van der Waals surface area contributed by atoms with Crippen LogP contribution in [0.2, 0.25) is 0 Å². The van der Waals surface area contributed by atoms with Crippen LogP contribution in [-0.4, -0.2) is 23.6 Å². The van der Waals surface area contributed by atoms with Crippen LogP contribution in [0.25, 0.3) is 0 Å². The van der Waals surface area contributed by atoms with Gasteiger partial charge in [-0.05, 0) is 18.4 Å². The van der Waals surface area contributed by atoms with Crippen LogP contribution in [0.4, 0.5) is 5.82 Å². The molecule has 0 saturated carbocycles. The van der Waals surface area contributed by atoms with Gasteiger partial charge in [0.1, 0.15) is 19.0 Å². The maximum absolute atomic E-state index is 5.68. The van der Waals surface area contributed by atoms with E-state index in [4.69, 9.17) is 9.47 Å². The van der Waals surface area contributed by atoms with E-state index >= 15 is 0 Å². The Hall–Kier alpha value is -1.66. The molecule has 0 radical (unpaired) electrons. The van der Waals surface area contributed by atoms with Crippen molar-refractivity contribution in [2.75, 3.05) is 19.0 Å². The van der Waals surface area contributed by atoms with E-state index < -0.39 is 0 Å². The molecular formula is C13H17N3O2S. The largest absolute Gasteiger partial charge is 0.472 e. The second-order valence-corrected chi connectivity index (χ2v) is 4.80. The molecule has 0 aliphatic carbocycles. The summed E-state index contributed by atoms with van der Waals surface area (Å²) in [7, 11) is 1.82. The smallest absolute Gasteiger partial charge is 0.219 e. The third-order valence-corrected chi connectivity index (χ3v) is 3.23. The maximum Gasteiger partial charge on any atom is 0.219 e. The molecule has 5 nitrogen and oxygen atoms in total. The van der Waals surface area contributed by atoms with Crippen LogP contribution in [0.1, 0.15) is 17.6 Å². The summed E-state index contributed by atoms with van der Waals surface area (Å²) in [6.45, 7) is 3.49. The molecule has 6 heteroatoms. The Kier molecular flexibility index (Phi) is 5.11. The zero-order valence-corrected chi connectivity index (χ0v) is 11.9. The van der Waals surface area contributed by atoms with Gasteiger partial charge < -0.3 is 14.8 Å². The van der Waals surface area contributed by atoms with Gasteiger partial charge in [-0.2, -0.15) is 4.98 Å². The zero-order chi connectivity index (χ0) is 13.5. The van der Waals surface area contributed by atoms with Crippen molar-refractivity contribution in [2.24, 2.45) is 0 Å². The Bertz CT molecular complexity index is 503. The van der Waals surface area contributed by atoms with Gasteiger partial charge in [0.2, 0.25) is 5.88 Å². The molecule has 102 valence electrons. The molecule has 0 aliphatic rings. The van der Waals surface area contributed by atoms with Gasteiger partial charge in [0.25, 0.3) is 0 Å². The number of hydrogen-bond acceptors (Lipinski definition) is 6. The fourth-order valence-corrected chi connectivity index (χ4v) is 2.09. The van der Waals surface area contributed by atoms with Crippen LogP contribution >= 0.6 is 11.3 Å². The molecule has 0 atom stereocenters. The van der Waals surface area contributed by atoms with Crippen molar-refractivity contribution in [2.45, 2.75) is 20.1 Å². The Morgan fingerprint density at radius 1 is 1.32 bits per heavy atom. The highest BCUT2D eigenvalue weighted by atomic mass is 32.1. The molecule has 0 amide bonds. The van der Waals surface area contributed by atoms with Crippen LogP contribution in [0.3, 0.4) is 0 Å². The summed E-state index contributed by atoms with van der Waals surface area (Å²) < 4.78 is 11.0. The average Bonchev–Trinajstić information content (AvgIpc) is 2.96. The van der Waals surface area contributed by atoms with Crippen molar-refractivity contribution in [3.8, 4) is 5.88 Å². The van der Waals surface area contributed by atoms with Crippen LogP contribution in [0.5, 0.6) is 5.88 Å². The highest BCUT2D eigenvalue weighted by molar-refractivity contribution is 7.09. The van der Waals surface area contributed by atoms with Gasteiger partial charge in [0.15, 0.2) is 5.82 Å². The van der Waals surface area contributed by atoms with E-state index in [9.17, 15) is 0 Å². The molecule has 0 saturated heterocycles. The highest BCUT2D eigenvalue weighted by Gasteiger charge is 2.05. The first-order valence-electron chi connectivity index (χ1n) is 6.10. The second kappa shape index (κ2) is 7.06. The van der Waals surface area contributed by atoms with Gasteiger partial charge in [-0.3, -0.25) is 0 Å². The lowest BCUT2D eigenvalue weighted by molar-refractivity contribution is 0.127. The number of ether oxygens (including phenoxy) is 2. The quantitative estimate of drug-likeness (QED) is 0.844. The number of aromatic nitrogens is 2. The lowest BCUT2D eigenvalue weighted by Gasteiger charge is -2.08. The summed E-state index contributed by atoms with van der Waals surface area (Å²) in [5, 5.41) is 5.02. The first-order chi connectivity index (χ1) is 9.31.